The first-order valence-electron chi connectivity index (χ1n) is 5.39. The number of carbonyl (C=O) groups is 2. The molecule has 2 atom stereocenters. The Kier molecular flexibility index (Phi) is 5.29. The lowest BCUT2D eigenvalue weighted by molar-refractivity contribution is -0.141. The number of aliphatic carboxylic acids is 2. The number of hydrogen-bond acceptors (Lipinski definition) is 4. The Bertz CT molecular complexity index is 487. The van der Waals surface area contributed by atoms with Gasteiger partial charge in [0.05, 0.1) is 18.9 Å². The summed E-state index contributed by atoms with van der Waals surface area (Å²) in [5.41, 5.74) is 0.603. The lowest BCUT2D eigenvalue weighted by atomic mass is 10.00. The summed E-state index contributed by atoms with van der Waals surface area (Å²) >= 11 is 5.86. The Hall–Kier alpha value is -1.63. The molecule has 0 heterocycles. The van der Waals surface area contributed by atoms with Gasteiger partial charge in [-0.25, -0.2) is 0 Å². The molecule has 0 saturated carbocycles. The number of hydrogen-bond donors (Lipinski definition) is 4. The van der Waals surface area contributed by atoms with Gasteiger partial charge in [0.15, 0.2) is 0 Å². The first kappa shape index (κ1) is 15.4. The zero-order chi connectivity index (χ0) is 14.6. The average molecular weight is 289 g/mol. The van der Waals surface area contributed by atoms with Crippen molar-refractivity contribution in [3.8, 4) is 0 Å². The van der Waals surface area contributed by atoms with E-state index >= 15 is 0 Å². The first-order valence-corrected chi connectivity index (χ1v) is 5.77. The van der Waals surface area contributed by atoms with E-state index in [9.17, 15) is 19.8 Å². The van der Waals surface area contributed by atoms with E-state index in [1.54, 1.807) is 0 Å². The van der Waals surface area contributed by atoms with Crippen LogP contribution in [0.2, 0.25) is 5.02 Å². The number of benzene rings is 1. The van der Waals surface area contributed by atoms with E-state index in [2.05, 4.69) is 0 Å². The molecule has 0 aliphatic heterocycles. The molecule has 6 nitrogen and oxygen atoms in total. The second-order valence-electron chi connectivity index (χ2n) is 4.03. The zero-order valence-corrected chi connectivity index (χ0v) is 10.5. The molecule has 0 spiro atoms. The summed E-state index contributed by atoms with van der Waals surface area (Å²) in [6.07, 6.45) is -3.71. The van der Waals surface area contributed by atoms with Gasteiger partial charge in [0.25, 0.3) is 0 Å². The van der Waals surface area contributed by atoms with Crippen LogP contribution in [0.5, 0.6) is 0 Å². The first-order chi connectivity index (χ1) is 8.81. The van der Waals surface area contributed by atoms with Gasteiger partial charge in [0.2, 0.25) is 0 Å². The number of carboxylic acids is 2. The van der Waals surface area contributed by atoms with Crippen LogP contribution in [0.3, 0.4) is 0 Å². The molecule has 1 rings (SSSR count). The molecule has 0 saturated heterocycles. The minimum atomic E-state index is -1.46. The summed E-state index contributed by atoms with van der Waals surface area (Å²) in [6, 6.07) is 4.14. The fraction of sp³-hybridized carbons (Fsp3) is 0.333. The summed E-state index contributed by atoms with van der Waals surface area (Å²) in [5.74, 6) is -2.28. The van der Waals surface area contributed by atoms with Crippen LogP contribution in [-0.4, -0.2) is 38.5 Å². The third-order valence-electron chi connectivity index (χ3n) is 2.51. The normalized spacial score (nSPS) is 13.8. The molecular formula is C12H13ClO6. The van der Waals surface area contributed by atoms with Crippen molar-refractivity contribution in [1.29, 1.82) is 0 Å². The summed E-state index contributed by atoms with van der Waals surface area (Å²) in [6.45, 7) is 0. The molecule has 0 aliphatic carbocycles. The molecule has 1 aromatic rings. The number of rotatable bonds is 6. The van der Waals surface area contributed by atoms with Crippen molar-refractivity contribution in [2.45, 2.75) is 25.0 Å². The largest absolute Gasteiger partial charge is 0.481 e. The van der Waals surface area contributed by atoms with Crippen LogP contribution < -0.4 is 0 Å². The Labute approximate surface area is 113 Å². The number of carboxylic acid groups (broad SMARTS) is 2. The molecular weight excluding hydrogens is 276 g/mol. The van der Waals surface area contributed by atoms with Gasteiger partial charge in [-0.3, -0.25) is 9.59 Å². The van der Waals surface area contributed by atoms with Crippen LogP contribution >= 0.6 is 11.6 Å². The van der Waals surface area contributed by atoms with Gasteiger partial charge >= 0.3 is 11.9 Å². The van der Waals surface area contributed by atoms with Gasteiger partial charge in [-0.05, 0) is 17.2 Å². The van der Waals surface area contributed by atoms with Crippen LogP contribution in [0.4, 0.5) is 0 Å². The zero-order valence-electron chi connectivity index (χ0n) is 9.78. The molecule has 104 valence electrons. The standard InChI is InChI=1S/C12H13ClO6/c13-8-3-7(2-1-6(8)4-10(15)16)12(19)9(14)5-11(17)18/h1-3,9,12,14,19H,4-5H2,(H,15,16)(H,17,18). The Morgan fingerprint density at radius 3 is 2.26 bits per heavy atom. The minimum Gasteiger partial charge on any atom is -0.481 e. The lowest BCUT2D eigenvalue weighted by Crippen LogP contribution is -2.21. The second kappa shape index (κ2) is 6.51. The minimum absolute atomic E-state index is 0.140. The Balaban J connectivity index is 2.87. The smallest absolute Gasteiger partial charge is 0.307 e. The van der Waals surface area contributed by atoms with E-state index in [1.807, 2.05) is 0 Å². The second-order valence-corrected chi connectivity index (χ2v) is 4.44. The van der Waals surface area contributed by atoms with E-state index in [0.29, 0.717) is 5.56 Å². The highest BCUT2D eigenvalue weighted by molar-refractivity contribution is 6.31. The van der Waals surface area contributed by atoms with Crippen molar-refractivity contribution in [1.82, 2.24) is 0 Å². The maximum Gasteiger partial charge on any atom is 0.307 e. The lowest BCUT2D eigenvalue weighted by Gasteiger charge is -2.17. The van der Waals surface area contributed by atoms with E-state index in [1.165, 1.54) is 18.2 Å². The van der Waals surface area contributed by atoms with Gasteiger partial charge in [0.1, 0.15) is 6.10 Å². The topological polar surface area (TPSA) is 115 Å². The van der Waals surface area contributed by atoms with E-state index in [-0.39, 0.29) is 17.0 Å². The van der Waals surface area contributed by atoms with Crippen molar-refractivity contribution in [3.63, 3.8) is 0 Å². The molecule has 0 fully saturated rings. The average Bonchev–Trinajstić information content (AvgIpc) is 2.29. The van der Waals surface area contributed by atoms with Crippen LogP contribution in [0.1, 0.15) is 23.7 Å². The molecule has 7 heteroatoms. The predicted octanol–water partition coefficient (Wildman–Crippen LogP) is 0.836. The number of aliphatic hydroxyl groups is 2. The monoisotopic (exact) mass is 288 g/mol. The number of aliphatic hydroxyl groups excluding tert-OH is 2. The molecule has 1 aromatic carbocycles. The maximum atomic E-state index is 10.6. The Morgan fingerprint density at radius 2 is 1.79 bits per heavy atom. The van der Waals surface area contributed by atoms with Gasteiger partial charge in [-0.15, -0.1) is 0 Å². The van der Waals surface area contributed by atoms with Crippen LogP contribution in [0, 0.1) is 0 Å². The maximum absolute atomic E-state index is 10.6. The van der Waals surface area contributed by atoms with Crippen LogP contribution in [0.25, 0.3) is 0 Å². The van der Waals surface area contributed by atoms with Crippen molar-refractivity contribution >= 4 is 23.5 Å². The highest BCUT2D eigenvalue weighted by Crippen LogP contribution is 2.25. The van der Waals surface area contributed by atoms with E-state index in [0.717, 1.165) is 0 Å². The molecule has 4 N–H and O–H groups in total. The fourth-order valence-electron chi connectivity index (χ4n) is 1.57. The Morgan fingerprint density at radius 1 is 1.16 bits per heavy atom. The van der Waals surface area contributed by atoms with Gasteiger partial charge in [-0.2, -0.15) is 0 Å². The van der Waals surface area contributed by atoms with Crippen molar-refractivity contribution in [3.05, 3.63) is 34.3 Å². The number of halogens is 1. The predicted molar refractivity (Wildman–Crippen MR) is 66.0 cm³/mol. The van der Waals surface area contributed by atoms with Crippen LogP contribution in [-0.2, 0) is 16.0 Å². The van der Waals surface area contributed by atoms with Gasteiger partial charge < -0.3 is 20.4 Å². The SMILES string of the molecule is O=C(O)Cc1ccc(C(O)C(O)CC(=O)O)cc1Cl. The van der Waals surface area contributed by atoms with Crippen molar-refractivity contribution in [2.24, 2.45) is 0 Å². The van der Waals surface area contributed by atoms with Crippen LogP contribution in [0.15, 0.2) is 18.2 Å². The fourth-order valence-corrected chi connectivity index (χ4v) is 1.82. The van der Waals surface area contributed by atoms with Gasteiger partial charge in [-0.1, -0.05) is 23.7 Å². The van der Waals surface area contributed by atoms with Gasteiger partial charge in [0, 0.05) is 5.02 Å². The summed E-state index contributed by atoms with van der Waals surface area (Å²) in [7, 11) is 0. The van der Waals surface area contributed by atoms with Crippen molar-refractivity contribution < 1.29 is 30.0 Å². The molecule has 0 bridgehead atoms. The van der Waals surface area contributed by atoms with E-state index in [4.69, 9.17) is 21.8 Å². The summed E-state index contributed by atoms with van der Waals surface area (Å²) in [5, 5.41) is 36.5. The molecule has 0 amide bonds. The summed E-state index contributed by atoms with van der Waals surface area (Å²) < 4.78 is 0. The van der Waals surface area contributed by atoms with Crippen molar-refractivity contribution in [2.75, 3.05) is 0 Å². The molecule has 0 aromatic heterocycles. The summed E-state index contributed by atoms with van der Waals surface area (Å²) in [4.78, 5) is 21.0. The quantitative estimate of drug-likeness (QED) is 0.616. The highest BCUT2D eigenvalue weighted by Gasteiger charge is 2.22. The molecule has 0 aliphatic rings. The third kappa shape index (κ3) is 4.51. The molecule has 2 unspecified atom stereocenters. The highest BCUT2D eigenvalue weighted by atomic mass is 35.5. The molecule has 0 radical (unpaired) electrons. The molecule has 19 heavy (non-hydrogen) atoms. The third-order valence-corrected chi connectivity index (χ3v) is 2.86. The van der Waals surface area contributed by atoms with E-state index < -0.39 is 30.6 Å².